The number of rotatable bonds is 2. The maximum absolute atomic E-state index is 12.9. The highest BCUT2D eigenvalue weighted by Gasteiger charge is 2.32. The molecule has 0 radical (unpaired) electrons. The number of carbonyl (C=O) groups excluding carboxylic acids is 1. The zero-order valence-corrected chi connectivity index (χ0v) is 13.3. The van der Waals surface area contributed by atoms with Crippen molar-refractivity contribution < 1.29 is 18.0 Å². The minimum atomic E-state index is -4.45. The summed E-state index contributed by atoms with van der Waals surface area (Å²) in [6.45, 7) is 3.58. The van der Waals surface area contributed by atoms with Gasteiger partial charge in [-0.1, -0.05) is 0 Å². The van der Waals surface area contributed by atoms with Gasteiger partial charge in [0, 0.05) is 33.1 Å². The van der Waals surface area contributed by atoms with Crippen LogP contribution in [0.15, 0.2) is 18.2 Å². The lowest BCUT2D eigenvalue weighted by Gasteiger charge is -2.36. The van der Waals surface area contributed by atoms with Crippen molar-refractivity contribution in [1.29, 1.82) is 0 Å². The summed E-state index contributed by atoms with van der Waals surface area (Å²) < 4.78 is 38.6. The molecule has 0 saturated carbocycles. The predicted octanol–water partition coefficient (Wildman–Crippen LogP) is 2.03. The molecule has 5 nitrogen and oxygen atoms in total. The van der Waals surface area contributed by atoms with Gasteiger partial charge in [-0.15, -0.1) is 0 Å². The Labute approximate surface area is 137 Å². The van der Waals surface area contributed by atoms with Crippen LogP contribution in [-0.2, 0) is 11.0 Å². The second-order valence-electron chi connectivity index (χ2n) is 5.21. The summed E-state index contributed by atoms with van der Waals surface area (Å²) in [5.74, 6) is -0.0152. The maximum Gasteiger partial charge on any atom is 0.416 e. The highest BCUT2D eigenvalue weighted by Crippen LogP contribution is 2.35. The number of thiocarbonyl (C=S) groups is 1. The lowest BCUT2D eigenvalue weighted by molar-refractivity contribution is -0.137. The third-order valence-electron chi connectivity index (χ3n) is 3.65. The van der Waals surface area contributed by atoms with Gasteiger partial charge in [0.15, 0.2) is 5.11 Å². The van der Waals surface area contributed by atoms with E-state index in [1.165, 1.54) is 13.0 Å². The Hall–Kier alpha value is -2.03. The molecule has 1 aromatic rings. The number of nitrogens with zero attached hydrogens (tertiary/aromatic N) is 2. The van der Waals surface area contributed by atoms with Crippen LogP contribution in [-0.4, -0.2) is 42.1 Å². The van der Waals surface area contributed by atoms with E-state index in [4.69, 9.17) is 18.0 Å². The highest BCUT2D eigenvalue weighted by atomic mass is 32.1. The minimum Gasteiger partial charge on any atom is -0.376 e. The number of halogens is 3. The van der Waals surface area contributed by atoms with Crippen molar-refractivity contribution in [1.82, 2.24) is 4.90 Å². The zero-order valence-electron chi connectivity index (χ0n) is 12.5. The fourth-order valence-electron chi connectivity index (χ4n) is 2.48. The van der Waals surface area contributed by atoms with Crippen molar-refractivity contribution in [2.24, 2.45) is 5.73 Å². The molecule has 1 heterocycles. The van der Waals surface area contributed by atoms with Crippen LogP contribution in [0, 0.1) is 0 Å². The van der Waals surface area contributed by atoms with Crippen molar-refractivity contribution in [3.05, 3.63) is 23.8 Å². The molecule has 0 bridgehead atoms. The number of nitrogens with two attached hydrogens (primary N) is 1. The molecule has 0 atom stereocenters. The van der Waals surface area contributed by atoms with Crippen LogP contribution in [0.2, 0.25) is 0 Å². The van der Waals surface area contributed by atoms with Crippen molar-refractivity contribution in [3.8, 4) is 0 Å². The van der Waals surface area contributed by atoms with Gasteiger partial charge in [0.25, 0.3) is 0 Å². The molecule has 2 rings (SSSR count). The first kappa shape index (κ1) is 17.3. The number of hydrogen-bond donors (Lipinski definition) is 2. The van der Waals surface area contributed by atoms with E-state index in [9.17, 15) is 18.0 Å². The molecule has 1 fully saturated rings. The monoisotopic (exact) mass is 346 g/mol. The molecule has 1 aliphatic rings. The number of carbonyl (C=O) groups is 1. The van der Waals surface area contributed by atoms with Gasteiger partial charge in [-0.05, 0) is 30.4 Å². The molecular weight excluding hydrogens is 329 g/mol. The molecule has 9 heteroatoms. The number of nitrogens with one attached hydrogen (secondary N) is 1. The van der Waals surface area contributed by atoms with E-state index in [1.54, 1.807) is 4.90 Å². The molecule has 0 spiro atoms. The first-order chi connectivity index (χ1) is 10.7. The fourth-order valence-corrected chi connectivity index (χ4v) is 2.59. The Bertz CT molecular complexity index is 613. The quantitative estimate of drug-likeness (QED) is 0.803. The van der Waals surface area contributed by atoms with Crippen LogP contribution in [0.3, 0.4) is 0 Å². The second-order valence-corrected chi connectivity index (χ2v) is 5.65. The third-order valence-corrected chi connectivity index (χ3v) is 3.75. The van der Waals surface area contributed by atoms with Crippen molar-refractivity contribution in [2.75, 3.05) is 36.4 Å². The zero-order chi connectivity index (χ0) is 17.2. The van der Waals surface area contributed by atoms with Crippen LogP contribution in [0.5, 0.6) is 0 Å². The number of anilines is 2. The second kappa shape index (κ2) is 6.61. The van der Waals surface area contributed by atoms with Crippen LogP contribution < -0.4 is 16.0 Å². The number of alkyl halides is 3. The van der Waals surface area contributed by atoms with Gasteiger partial charge in [0.1, 0.15) is 0 Å². The third kappa shape index (κ3) is 4.25. The minimum absolute atomic E-state index is 0.0152. The van der Waals surface area contributed by atoms with E-state index in [2.05, 4.69) is 5.32 Å². The van der Waals surface area contributed by atoms with E-state index in [0.29, 0.717) is 31.9 Å². The van der Waals surface area contributed by atoms with Gasteiger partial charge in [0.2, 0.25) is 5.91 Å². The molecule has 0 aliphatic carbocycles. The molecule has 1 aliphatic heterocycles. The summed E-state index contributed by atoms with van der Waals surface area (Å²) in [7, 11) is 0. The normalized spacial score (nSPS) is 15.5. The van der Waals surface area contributed by atoms with Crippen molar-refractivity contribution >= 4 is 34.6 Å². The Morgan fingerprint density at radius 1 is 1.26 bits per heavy atom. The molecule has 3 N–H and O–H groups in total. The fraction of sp³-hybridized carbons (Fsp3) is 0.429. The molecule has 1 saturated heterocycles. The lowest BCUT2D eigenvalue weighted by atomic mass is 10.1. The number of piperazine rings is 1. The highest BCUT2D eigenvalue weighted by molar-refractivity contribution is 7.80. The summed E-state index contributed by atoms with van der Waals surface area (Å²) >= 11 is 4.74. The molecule has 0 unspecified atom stereocenters. The van der Waals surface area contributed by atoms with E-state index < -0.39 is 11.7 Å². The van der Waals surface area contributed by atoms with Crippen LogP contribution >= 0.6 is 12.2 Å². The first-order valence-corrected chi connectivity index (χ1v) is 7.37. The van der Waals surface area contributed by atoms with Gasteiger partial charge in [-0.2, -0.15) is 13.2 Å². The standard InChI is InChI=1S/C14H17F3N4OS/c1-9(22)20-4-6-21(7-5-20)12-3-2-10(14(15,16)17)8-11(12)19-13(18)23/h2-3,8H,4-7H2,1H3,(H3,18,19,23). The average Bonchev–Trinajstić information content (AvgIpc) is 2.45. The van der Waals surface area contributed by atoms with E-state index in [0.717, 1.165) is 12.1 Å². The predicted molar refractivity (Wildman–Crippen MR) is 86.3 cm³/mol. The summed E-state index contributed by atoms with van der Waals surface area (Å²) in [5, 5.41) is 2.50. The molecule has 23 heavy (non-hydrogen) atoms. The Kier molecular flexibility index (Phi) is 4.98. The Morgan fingerprint density at radius 3 is 2.35 bits per heavy atom. The van der Waals surface area contributed by atoms with Crippen LogP contribution in [0.1, 0.15) is 12.5 Å². The lowest BCUT2D eigenvalue weighted by Crippen LogP contribution is -2.48. The topological polar surface area (TPSA) is 61.6 Å². The first-order valence-electron chi connectivity index (χ1n) is 6.96. The molecular formula is C14H17F3N4OS. The van der Waals surface area contributed by atoms with Gasteiger partial charge in [-0.3, -0.25) is 4.79 Å². The Balaban J connectivity index is 2.27. The molecule has 0 aromatic heterocycles. The number of hydrogen-bond acceptors (Lipinski definition) is 3. The smallest absolute Gasteiger partial charge is 0.376 e. The van der Waals surface area contributed by atoms with Crippen molar-refractivity contribution in [3.63, 3.8) is 0 Å². The maximum atomic E-state index is 12.9. The van der Waals surface area contributed by atoms with Gasteiger partial charge < -0.3 is 20.9 Å². The summed E-state index contributed by atoms with van der Waals surface area (Å²) in [6, 6.07) is 3.41. The molecule has 1 amide bonds. The van der Waals surface area contributed by atoms with E-state index >= 15 is 0 Å². The van der Waals surface area contributed by atoms with Crippen LogP contribution in [0.25, 0.3) is 0 Å². The van der Waals surface area contributed by atoms with E-state index in [-0.39, 0.29) is 16.7 Å². The van der Waals surface area contributed by atoms with E-state index in [1.807, 2.05) is 4.90 Å². The van der Waals surface area contributed by atoms with Gasteiger partial charge >= 0.3 is 6.18 Å². The van der Waals surface area contributed by atoms with Gasteiger partial charge in [0.05, 0.1) is 16.9 Å². The summed E-state index contributed by atoms with van der Waals surface area (Å²) in [4.78, 5) is 14.9. The summed E-state index contributed by atoms with van der Waals surface area (Å²) in [6.07, 6.45) is -4.45. The number of amides is 1. The van der Waals surface area contributed by atoms with Gasteiger partial charge in [-0.25, -0.2) is 0 Å². The summed E-state index contributed by atoms with van der Waals surface area (Å²) in [5.41, 5.74) is 5.43. The average molecular weight is 346 g/mol. The molecule has 126 valence electrons. The molecule has 1 aromatic carbocycles. The van der Waals surface area contributed by atoms with Crippen molar-refractivity contribution in [2.45, 2.75) is 13.1 Å². The Morgan fingerprint density at radius 2 is 1.87 bits per heavy atom. The SMILES string of the molecule is CC(=O)N1CCN(c2ccc(C(F)(F)F)cc2NC(N)=S)CC1. The number of benzene rings is 1. The largest absolute Gasteiger partial charge is 0.416 e. The van der Waals surface area contributed by atoms with Crippen LogP contribution in [0.4, 0.5) is 24.5 Å².